The van der Waals surface area contributed by atoms with Gasteiger partial charge in [0.25, 0.3) is 0 Å². The first-order valence-corrected chi connectivity index (χ1v) is 7.93. The molecule has 100 valence electrons. The van der Waals surface area contributed by atoms with Gasteiger partial charge in [0, 0.05) is 30.0 Å². The Morgan fingerprint density at radius 3 is 2.67 bits per heavy atom. The van der Waals surface area contributed by atoms with Crippen LogP contribution in [0.3, 0.4) is 0 Å². The molecule has 1 saturated heterocycles. The molecule has 0 bridgehead atoms. The largest absolute Gasteiger partial charge is 0.377 e. The Bertz CT molecular complexity index is 367. The number of likely N-dealkylation sites (tertiary alicyclic amines) is 1. The Kier molecular flexibility index (Phi) is 5.96. The van der Waals surface area contributed by atoms with Gasteiger partial charge in [-0.3, -0.25) is 4.90 Å². The summed E-state index contributed by atoms with van der Waals surface area (Å²) in [4.78, 5) is 2.45. The maximum Gasteiger partial charge on any atom is 0.0599 e. The summed E-state index contributed by atoms with van der Waals surface area (Å²) in [5.41, 5.74) is 1.22. The van der Waals surface area contributed by atoms with Crippen molar-refractivity contribution in [3.05, 3.63) is 34.9 Å². The lowest BCUT2D eigenvalue weighted by atomic mass is 10.1. The summed E-state index contributed by atoms with van der Waals surface area (Å²) in [5.74, 6) is 0. The van der Waals surface area contributed by atoms with Crippen LogP contribution in [0.5, 0.6) is 0 Å². The molecule has 2 rings (SSSR count). The van der Waals surface area contributed by atoms with Gasteiger partial charge in [-0.2, -0.15) is 0 Å². The monoisotopic (exact) mass is 331 g/mol. The van der Waals surface area contributed by atoms with Gasteiger partial charge in [0.2, 0.25) is 0 Å². The average Bonchev–Trinajstić information content (AvgIpc) is 2.41. The van der Waals surface area contributed by atoms with Gasteiger partial charge in [0.05, 0.1) is 12.7 Å². The van der Waals surface area contributed by atoms with E-state index in [0.717, 1.165) is 49.4 Å². The Labute approximate surface area is 122 Å². The highest BCUT2D eigenvalue weighted by atomic mass is 79.9. The fourth-order valence-corrected chi connectivity index (χ4v) is 2.70. The van der Waals surface area contributed by atoms with Crippen molar-refractivity contribution in [3.63, 3.8) is 0 Å². The highest BCUT2D eigenvalue weighted by molar-refractivity contribution is 9.09. The molecule has 0 aromatic heterocycles. The summed E-state index contributed by atoms with van der Waals surface area (Å²) >= 11 is 9.57. The number of piperidine rings is 1. The van der Waals surface area contributed by atoms with Crippen molar-refractivity contribution < 1.29 is 4.74 Å². The van der Waals surface area contributed by atoms with Crippen LogP contribution >= 0.6 is 27.5 Å². The average molecular weight is 333 g/mol. The van der Waals surface area contributed by atoms with Crippen LogP contribution in [0.2, 0.25) is 5.02 Å². The number of nitrogens with zero attached hydrogens (tertiary/aromatic N) is 1. The maximum atomic E-state index is 6.18. The van der Waals surface area contributed by atoms with Crippen molar-refractivity contribution >= 4 is 27.5 Å². The summed E-state index contributed by atoms with van der Waals surface area (Å²) in [6.07, 6.45) is 2.68. The normalized spacial score (nSPS) is 18.1. The fraction of sp³-hybridized carbons (Fsp3) is 0.571. The Balaban J connectivity index is 1.78. The van der Waals surface area contributed by atoms with Crippen LogP contribution in [0.25, 0.3) is 0 Å². The molecule has 18 heavy (non-hydrogen) atoms. The van der Waals surface area contributed by atoms with Crippen molar-refractivity contribution in [2.24, 2.45) is 0 Å². The summed E-state index contributed by atoms with van der Waals surface area (Å²) < 4.78 is 5.75. The van der Waals surface area contributed by atoms with E-state index in [4.69, 9.17) is 16.3 Å². The minimum absolute atomic E-state index is 0.435. The molecular weight excluding hydrogens is 314 g/mol. The second-order valence-corrected chi connectivity index (χ2v) is 5.83. The molecule has 1 aliphatic rings. The van der Waals surface area contributed by atoms with Crippen molar-refractivity contribution in [1.29, 1.82) is 0 Å². The van der Waals surface area contributed by atoms with E-state index in [2.05, 4.69) is 26.9 Å². The van der Waals surface area contributed by atoms with Gasteiger partial charge in [0.1, 0.15) is 0 Å². The third kappa shape index (κ3) is 4.23. The zero-order valence-corrected chi connectivity index (χ0v) is 12.8. The topological polar surface area (TPSA) is 12.5 Å². The summed E-state index contributed by atoms with van der Waals surface area (Å²) in [6.45, 7) is 3.95. The van der Waals surface area contributed by atoms with Gasteiger partial charge in [-0.05, 0) is 24.5 Å². The van der Waals surface area contributed by atoms with E-state index in [1.807, 2.05) is 18.2 Å². The minimum atomic E-state index is 0.435. The van der Waals surface area contributed by atoms with E-state index < -0.39 is 0 Å². The second kappa shape index (κ2) is 7.49. The van der Waals surface area contributed by atoms with Crippen LogP contribution < -0.4 is 0 Å². The molecule has 0 amide bonds. The summed E-state index contributed by atoms with van der Waals surface area (Å²) in [5, 5.41) is 1.79. The molecule has 4 heteroatoms. The van der Waals surface area contributed by atoms with Crippen LogP contribution in [0.15, 0.2) is 24.3 Å². The first-order chi connectivity index (χ1) is 8.79. The highest BCUT2D eigenvalue weighted by Gasteiger charge is 2.19. The third-order valence-electron chi connectivity index (χ3n) is 3.32. The molecule has 1 heterocycles. The molecule has 2 nitrogen and oxygen atoms in total. The first kappa shape index (κ1) is 14.3. The summed E-state index contributed by atoms with van der Waals surface area (Å²) in [7, 11) is 0. The van der Waals surface area contributed by atoms with Gasteiger partial charge in [0.15, 0.2) is 0 Å². The van der Waals surface area contributed by atoms with Crippen LogP contribution in [0.4, 0.5) is 0 Å². The van der Waals surface area contributed by atoms with E-state index in [9.17, 15) is 0 Å². The number of ether oxygens (including phenoxy) is 1. The zero-order valence-electron chi connectivity index (χ0n) is 10.4. The van der Waals surface area contributed by atoms with E-state index in [1.165, 1.54) is 5.56 Å². The predicted octanol–water partition coefficient (Wildman–Crippen LogP) is 3.72. The van der Waals surface area contributed by atoms with E-state index in [1.54, 1.807) is 0 Å². The van der Waals surface area contributed by atoms with E-state index >= 15 is 0 Å². The maximum absolute atomic E-state index is 6.18. The molecule has 0 spiro atoms. The quantitative estimate of drug-likeness (QED) is 0.762. The van der Waals surface area contributed by atoms with Crippen molar-refractivity contribution in [2.75, 3.05) is 25.0 Å². The van der Waals surface area contributed by atoms with Crippen LogP contribution in [-0.2, 0) is 11.3 Å². The van der Waals surface area contributed by atoms with Gasteiger partial charge in [-0.15, -0.1) is 0 Å². The Hall–Kier alpha value is -0.0900. The number of benzene rings is 1. The minimum Gasteiger partial charge on any atom is -0.377 e. The van der Waals surface area contributed by atoms with E-state index in [0.29, 0.717) is 6.10 Å². The van der Waals surface area contributed by atoms with Crippen molar-refractivity contribution in [1.82, 2.24) is 4.90 Å². The SMILES string of the molecule is Clc1ccccc1CN1CCC(OCCBr)CC1. The van der Waals surface area contributed by atoms with Crippen LogP contribution in [-0.4, -0.2) is 36.0 Å². The third-order valence-corrected chi connectivity index (χ3v) is 4.01. The Morgan fingerprint density at radius 2 is 2.00 bits per heavy atom. The van der Waals surface area contributed by atoms with Gasteiger partial charge >= 0.3 is 0 Å². The molecule has 1 aromatic rings. The summed E-state index contributed by atoms with van der Waals surface area (Å²) in [6, 6.07) is 8.10. The molecule has 0 unspecified atom stereocenters. The molecule has 0 atom stereocenters. The molecule has 1 aromatic carbocycles. The number of rotatable bonds is 5. The van der Waals surface area contributed by atoms with Crippen molar-refractivity contribution in [2.45, 2.75) is 25.5 Å². The lowest BCUT2D eigenvalue weighted by Gasteiger charge is -2.32. The molecule has 0 aliphatic carbocycles. The van der Waals surface area contributed by atoms with Crippen LogP contribution in [0, 0.1) is 0 Å². The highest BCUT2D eigenvalue weighted by Crippen LogP contribution is 2.20. The molecule has 1 fully saturated rings. The lowest BCUT2D eigenvalue weighted by Crippen LogP contribution is -2.36. The molecule has 0 saturated carbocycles. The van der Waals surface area contributed by atoms with Gasteiger partial charge in [-0.1, -0.05) is 45.7 Å². The fourth-order valence-electron chi connectivity index (χ4n) is 2.31. The first-order valence-electron chi connectivity index (χ1n) is 6.43. The standard InChI is InChI=1S/C14H19BrClNO/c15-7-10-18-13-5-8-17(9-6-13)11-12-3-1-2-4-14(12)16/h1-4,13H,5-11H2. The van der Waals surface area contributed by atoms with Gasteiger partial charge in [-0.25, -0.2) is 0 Å². The molecule has 0 N–H and O–H groups in total. The predicted molar refractivity (Wildman–Crippen MR) is 79.5 cm³/mol. The lowest BCUT2D eigenvalue weighted by molar-refractivity contribution is 0.0141. The molecule has 1 aliphatic heterocycles. The zero-order chi connectivity index (χ0) is 12.8. The number of alkyl halides is 1. The van der Waals surface area contributed by atoms with E-state index in [-0.39, 0.29) is 0 Å². The molecular formula is C14H19BrClNO. The Morgan fingerprint density at radius 1 is 1.28 bits per heavy atom. The molecule has 0 radical (unpaired) electrons. The van der Waals surface area contributed by atoms with Crippen molar-refractivity contribution in [3.8, 4) is 0 Å². The van der Waals surface area contributed by atoms with Crippen LogP contribution in [0.1, 0.15) is 18.4 Å². The number of halogens is 2. The smallest absolute Gasteiger partial charge is 0.0599 e. The number of hydrogen-bond donors (Lipinski definition) is 0. The second-order valence-electron chi connectivity index (χ2n) is 4.63. The number of hydrogen-bond acceptors (Lipinski definition) is 2. The van der Waals surface area contributed by atoms with Gasteiger partial charge < -0.3 is 4.74 Å².